The van der Waals surface area contributed by atoms with Crippen LogP contribution in [0.2, 0.25) is 0 Å². The molecule has 0 aromatic heterocycles. The average molecular weight is 410 g/mol. The van der Waals surface area contributed by atoms with Crippen LogP contribution in [0.25, 0.3) is 0 Å². The molecule has 2 amide bonds. The molecule has 1 aromatic carbocycles. The molecule has 0 unspecified atom stereocenters. The molecule has 3 fully saturated rings. The van der Waals surface area contributed by atoms with Crippen molar-refractivity contribution in [1.82, 2.24) is 14.5 Å². The van der Waals surface area contributed by atoms with Crippen LogP contribution in [-0.2, 0) is 21.3 Å². The molecular weight excluding hydrogens is 382 g/mol. The quantitative estimate of drug-likeness (QED) is 0.807. The molecule has 1 aromatic rings. The van der Waals surface area contributed by atoms with Crippen LogP contribution < -0.4 is 10.1 Å². The molecule has 0 saturated carbocycles. The molecular formula is C19H27N3O5S. The number of nitrogens with one attached hydrogen (secondary N) is 1. The maximum atomic E-state index is 13.2. The zero-order valence-corrected chi connectivity index (χ0v) is 17.2. The Kier molecular flexibility index (Phi) is 4.79. The van der Waals surface area contributed by atoms with Gasteiger partial charge in [-0.1, -0.05) is 12.1 Å². The van der Waals surface area contributed by atoms with Gasteiger partial charge in [0.15, 0.2) is 0 Å². The molecule has 4 rings (SSSR count). The Morgan fingerprint density at radius 2 is 2.18 bits per heavy atom. The molecule has 3 atom stereocenters. The Morgan fingerprint density at radius 1 is 1.39 bits per heavy atom. The maximum absolute atomic E-state index is 13.2. The number of benzene rings is 1. The van der Waals surface area contributed by atoms with E-state index in [0.717, 1.165) is 5.56 Å². The van der Waals surface area contributed by atoms with E-state index in [2.05, 4.69) is 5.32 Å². The summed E-state index contributed by atoms with van der Waals surface area (Å²) in [5.74, 6) is 0.693. The SMILES string of the molecule is COc1cccc(CN2C[C@@]34CN(C(=O)NC(C)C)C[C@@H](C[C@@H]3S2(=O)=O)O4)c1. The van der Waals surface area contributed by atoms with Crippen molar-refractivity contribution < 1.29 is 22.7 Å². The molecule has 1 spiro atoms. The summed E-state index contributed by atoms with van der Waals surface area (Å²) in [6, 6.07) is 7.27. The first-order valence-electron chi connectivity index (χ1n) is 9.59. The summed E-state index contributed by atoms with van der Waals surface area (Å²) in [5.41, 5.74) is 0.00985. The van der Waals surface area contributed by atoms with Crippen molar-refractivity contribution in [3.63, 3.8) is 0 Å². The van der Waals surface area contributed by atoms with Crippen LogP contribution in [-0.4, -0.2) is 73.4 Å². The monoisotopic (exact) mass is 409 g/mol. The number of nitrogens with zero attached hydrogens (tertiary/aromatic N) is 2. The van der Waals surface area contributed by atoms with Gasteiger partial charge in [0.05, 0.1) is 19.8 Å². The van der Waals surface area contributed by atoms with Crippen LogP contribution >= 0.6 is 0 Å². The third-order valence-corrected chi connectivity index (χ3v) is 8.02. The van der Waals surface area contributed by atoms with Gasteiger partial charge in [0.2, 0.25) is 10.0 Å². The zero-order valence-electron chi connectivity index (χ0n) is 16.4. The fraction of sp³-hybridized carbons (Fsp3) is 0.632. The molecule has 2 bridgehead atoms. The highest BCUT2D eigenvalue weighted by molar-refractivity contribution is 7.90. The van der Waals surface area contributed by atoms with Gasteiger partial charge in [-0.15, -0.1) is 0 Å². The Labute approximate surface area is 165 Å². The van der Waals surface area contributed by atoms with E-state index >= 15 is 0 Å². The van der Waals surface area contributed by atoms with Gasteiger partial charge < -0.3 is 19.7 Å². The summed E-state index contributed by atoms with van der Waals surface area (Å²) >= 11 is 0. The highest BCUT2D eigenvalue weighted by Gasteiger charge is 2.65. The van der Waals surface area contributed by atoms with E-state index in [9.17, 15) is 13.2 Å². The second-order valence-corrected chi connectivity index (χ2v) is 10.3. The molecule has 28 heavy (non-hydrogen) atoms. The Balaban J connectivity index is 1.56. The molecule has 3 heterocycles. The van der Waals surface area contributed by atoms with Gasteiger partial charge in [-0.25, -0.2) is 13.2 Å². The molecule has 3 aliphatic heterocycles. The number of morpholine rings is 1. The van der Waals surface area contributed by atoms with Gasteiger partial charge in [-0.2, -0.15) is 4.31 Å². The number of fused-ring (bicyclic) bond motifs is 1. The summed E-state index contributed by atoms with van der Waals surface area (Å²) < 4.78 is 39.3. The topological polar surface area (TPSA) is 88.2 Å². The maximum Gasteiger partial charge on any atom is 0.317 e. The first kappa shape index (κ1) is 19.5. The Morgan fingerprint density at radius 3 is 2.89 bits per heavy atom. The minimum absolute atomic E-state index is 0.0261. The smallest absolute Gasteiger partial charge is 0.317 e. The summed E-state index contributed by atoms with van der Waals surface area (Å²) in [5, 5.41) is 2.29. The second kappa shape index (κ2) is 6.89. The van der Waals surface area contributed by atoms with E-state index in [-0.39, 0.29) is 31.3 Å². The third-order valence-electron chi connectivity index (χ3n) is 5.70. The van der Waals surface area contributed by atoms with Crippen molar-refractivity contribution in [3.05, 3.63) is 29.8 Å². The van der Waals surface area contributed by atoms with Crippen molar-refractivity contribution in [2.45, 2.75) is 49.8 Å². The van der Waals surface area contributed by atoms with E-state index in [1.165, 1.54) is 4.31 Å². The standard InChI is InChI=1S/C19H27N3O5S/c1-13(2)20-18(23)21-10-16-8-17-19(11-21,27-16)12-22(28(17,24)25)9-14-5-4-6-15(7-14)26-3/h4-7,13,16-17H,8-12H2,1-3H3,(H,20,23)/t16-,17+,19+/m1/s1. The van der Waals surface area contributed by atoms with Gasteiger partial charge in [0, 0.05) is 25.7 Å². The van der Waals surface area contributed by atoms with Crippen LogP contribution in [0, 0.1) is 0 Å². The molecule has 3 aliphatic rings. The average Bonchev–Trinajstić information content (AvgIpc) is 3.00. The number of hydrogen-bond donors (Lipinski definition) is 1. The first-order valence-corrected chi connectivity index (χ1v) is 11.1. The molecule has 9 heteroatoms. The fourth-order valence-electron chi connectivity index (χ4n) is 4.56. The van der Waals surface area contributed by atoms with E-state index < -0.39 is 20.9 Å². The number of rotatable bonds is 4. The molecule has 1 N–H and O–H groups in total. The minimum Gasteiger partial charge on any atom is -0.497 e. The fourth-order valence-corrected chi connectivity index (χ4v) is 6.85. The van der Waals surface area contributed by atoms with Gasteiger partial charge in [0.25, 0.3) is 0 Å². The molecule has 0 aliphatic carbocycles. The predicted octanol–water partition coefficient (Wildman–Crippen LogP) is 1.17. The molecule has 3 saturated heterocycles. The lowest BCUT2D eigenvalue weighted by molar-refractivity contribution is -0.0959. The number of sulfonamides is 1. The first-order chi connectivity index (χ1) is 13.2. The van der Waals surface area contributed by atoms with Gasteiger partial charge in [0.1, 0.15) is 16.6 Å². The zero-order chi connectivity index (χ0) is 20.1. The number of amides is 2. The lowest BCUT2D eigenvalue weighted by atomic mass is 9.99. The molecule has 8 nitrogen and oxygen atoms in total. The van der Waals surface area contributed by atoms with Crippen molar-refractivity contribution in [3.8, 4) is 5.75 Å². The summed E-state index contributed by atoms with van der Waals surface area (Å²) in [6.07, 6.45) is 0.202. The van der Waals surface area contributed by atoms with Crippen molar-refractivity contribution in [2.24, 2.45) is 0 Å². The van der Waals surface area contributed by atoms with Crippen LogP contribution in [0.3, 0.4) is 0 Å². The predicted molar refractivity (Wildman–Crippen MR) is 104 cm³/mol. The number of carbonyl (C=O) groups excluding carboxylic acids is 1. The van der Waals surface area contributed by atoms with Crippen LogP contribution in [0.15, 0.2) is 24.3 Å². The summed E-state index contributed by atoms with van der Waals surface area (Å²) in [7, 11) is -1.92. The minimum atomic E-state index is -3.51. The number of hydrogen-bond acceptors (Lipinski definition) is 5. The van der Waals surface area contributed by atoms with E-state index in [1.807, 2.05) is 38.1 Å². The summed E-state index contributed by atoms with van der Waals surface area (Å²) in [6.45, 7) is 5.07. The highest BCUT2D eigenvalue weighted by atomic mass is 32.2. The van der Waals surface area contributed by atoms with E-state index in [4.69, 9.17) is 9.47 Å². The molecule has 154 valence electrons. The van der Waals surface area contributed by atoms with Crippen LogP contribution in [0.5, 0.6) is 5.75 Å². The number of methoxy groups -OCH3 is 1. The lowest BCUT2D eigenvalue weighted by Crippen LogP contribution is -2.58. The normalized spacial score (nSPS) is 31.1. The van der Waals surface area contributed by atoms with Crippen LogP contribution in [0.4, 0.5) is 4.79 Å². The number of ether oxygens (including phenoxy) is 2. The number of carbonyl (C=O) groups is 1. The Bertz CT molecular complexity index is 874. The van der Waals surface area contributed by atoms with Crippen molar-refractivity contribution in [1.29, 1.82) is 0 Å². The second-order valence-electron chi connectivity index (χ2n) is 8.18. The van der Waals surface area contributed by atoms with E-state index in [0.29, 0.717) is 25.3 Å². The number of urea groups is 1. The van der Waals surface area contributed by atoms with Crippen LogP contribution in [0.1, 0.15) is 25.8 Å². The van der Waals surface area contributed by atoms with Crippen molar-refractivity contribution in [2.75, 3.05) is 26.7 Å². The Hall–Kier alpha value is -1.84. The largest absolute Gasteiger partial charge is 0.497 e. The van der Waals surface area contributed by atoms with Gasteiger partial charge in [-0.3, -0.25) is 0 Å². The highest BCUT2D eigenvalue weighted by Crippen LogP contribution is 2.47. The molecule has 0 radical (unpaired) electrons. The van der Waals surface area contributed by atoms with Gasteiger partial charge >= 0.3 is 6.03 Å². The summed E-state index contributed by atoms with van der Waals surface area (Å²) in [4.78, 5) is 14.2. The van der Waals surface area contributed by atoms with Crippen molar-refractivity contribution >= 4 is 16.1 Å². The van der Waals surface area contributed by atoms with Gasteiger partial charge in [-0.05, 0) is 38.0 Å². The van der Waals surface area contributed by atoms with E-state index in [1.54, 1.807) is 12.0 Å². The third kappa shape index (κ3) is 3.25. The number of likely N-dealkylation sites (tertiary alicyclic amines) is 1. The lowest BCUT2D eigenvalue weighted by Gasteiger charge is -2.39.